The van der Waals surface area contributed by atoms with Crippen molar-refractivity contribution in [3.05, 3.63) is 0 Å². The van der Waals surface area contributed by atoms with Crippen LogP contribution in [0.2, 0.25) is 0 Å². The molecule has 1 aliphatic heterocycles. The minimum atomic E-state index is -0.443. The summed E-state index contributed by atoms with van der Waals surface area (Å²) in [4.78, 5) is 0. The number of rotatable bonds is 5. The third kappa shape index (κ3) is 2.80. The predicted octanol–water partition coefficient (Wildman–Crippen LogP) is 5.57. The Balaban J connectivity index is 1.35. The molecule has 3 nitrogen and oxygen atoms in total. The highest BCUT2D eigenvalue weighted by Gasteiger charge is 2.79. The van der Waals surface area contributed by atoms with Crippen molar-refractivity contribution >= 4 is 0 Å². The quantitative estimate of drug-likeness (QED) is 0.574. The molecular weight excluding hydrogens is 372 g/mol. The second-order valence-corrected chi connectivity index (χ2v) is 13.0. The topological polar surface area (TPSA) is 53.0 Å². The Kier molecular flexibility index (Phi) is 5.20. The molecule has 2 N–H and O–H groups in total. The van der Waals surface area contributed by atoms with Crippen LogP contribution in [-0.2, 0) is 4.74 Å². The lowest BCUT2D eigenvalue weighted by atomic mass is 9.43. The lowest BCUT2D eigenvalue weighted by Crippen LogP contribution is -2.63. The van der Waals surface area contributed by atoms with Crippen LogP contribution in [-0.4, -0.2) is 34.1 Å². The van der Waals surface area contributed by atoms with Crippen molar-refractivity contribution in [3.63, 3.8) is 0 Å². The smallest absolute Gasteiger partial charge is 0.129 e. The van der Waals surface area contributed by atoms with E-state index < -0.39 is 11.7 Å². The van der Waals surface area contributed by atoms with E-state index in [0.717, 1.165) is 42.9 Å². The summed E-state index contributed by atoms with van der Waals surface area (Å²) < 4.78 is 6.21. The molecule has 5 aliphatic rings. The van der Waals surface area contributed by atoms with Gasteiger partial charge in [-0.1, -0.05) is 53.9 Å². The van der Waals surface area contributed by atoms with Gasteiger partial charge in [-0.3, -0.25) is 0 Å². The van der Waals surface area contributed by atoms with Crippen LogP contribution < -0.4 is 0 Å². The third-order valence-corrected chi connectivity index (χ3v) is 11.3. The summed E-state index contributed by atoms with van der Waals surface area (Å²) in [5, 5.41) is 21.8. The average molecular weight is 419 g/mol. The van der Waals surface area contributed by atoms with Gasteiger partial charge in [0.15, 0.2) is 0 Å². The highest BCUT2D eigenvalue weighted by atomic mass is 16.6. The first-order chi connectivity index (χ1) is 14.1. The van der Waals surface area contributed by atoms with Crippen LogP contribution in [0, 0.1) is 46.3 Å². The Bertz CT molecular complexity index is 662. The zero-order chi connectivity index (χ0) is 21.5. The molecule has 0 radical (unpaired) electrons. The van der Waals surface area contributed by atoms with Crippen molar-refractivity contribution in [3.8, 4) is 0 Å². The molecule has 4 aliphatic carbocycles. The average Bonchev–Trinajstić information content (AvgIpc) is 3.36. The molecule has 1 spiro atoms. The molecule has 0 aromatic rings. The Hall–Kier alpha value is -0.120. The van der Waals surface area contributed by atoms with Crippen molar-refractivity contribution in [2.45, 2.75) is 123 Å². The van der Waals surface area contributed by atoms with Gasteiger partial charge in [0.2, 0.25) is 0 Å². The van der Waals surface area contributed by atoms with E-state index in [4.69, 9.17) is 4.74 Å². The van der Waals surface area contributed by atoms with E-state index in [-0.39, 0.29) is 17.6 Å². The normalized spacial score (nSPS) is 55.4. The minimum absolute atomic E-state index is 0.0432. The van der Waals surface area contributed by atoms with Gasteiger partial charge in [0.25, 0.3) is 0 Å². The third-order valence-electron chi connectivity index (χ3n) is 11.3. The van der Waals surface area contributed by atoms with Gasteiger partial charge in [0.05, 0.1) is 12.2 Å². The van der Waals surface area contributed by atoms with E-state index in [1.165, 1.54) is 44.9 Å². The minimum Gasteiger partial charge on any atom is -0.390 e. The maximum atomic E-state index is 11.3. The molecular formula is C27H46O3. The molecule has 1 saturated heterocycles. The van der Waals surface area contributed by atoms with E-state index in [1.54, 1.807) is 0 Å². The van der Waals surface area contributed by atoms with Crippen molar-refractivity contribution in [1.82, 2.24) is 0 Å². The summed E-state index contributed by atoms with van der Waals surface area (Å²) in [6.45, 7) is 12.2. The van der Waals surface area contributed by atoms with Crippen molar-refractivity contribution in [2.75, 3.05) is 0 Å². The van der Waals surface area contributed by atoms with Crippen LogP contribution in [0.15, 0.2) is 0 Å². The Morgan fingerprint density at radius 1 is 0.933 bits per heavy atom. The zero-order valence-electron chi connectivity index (χ0n) is 20.1. The molecule has 5 fully saturated rings. The molecule has 30 heavy (non-hydrogen) atoms. The molecule has 0 aromatic carbocycles. The monoisotopic (exact) mass is 418 g/mol. The Morgan fingerprint density at radius 3 is 2.43 bits per heavy atom. The van der Waals surface area contributed by atoms with Gasteiger partial charge in [-0.25, -0.2) is 0 Å². The van der Waals surface area contributed by atoms with Crippen LogP contribution in [0.3, 0.4) is 0 Å². The predicted molar refractivity (Wildman–Crippen MR) is 120 cm³/mol. The number of hydrogen-bond acceptors (Lipinski definition) is 3. The number of epoxide rings is 1. The van der Waals surface area contributed by atoms with E-state index in [0.29, 0.717) is 17.3 Å². The largest absolute Gasteiger partial charge is 0.390 e. The number of ether oxygens (including phenoxy) is 1. The summed E-state index contributed by atoms with van der Waals surface area (Å²) >= 11 is 0. The number of aliphatic hydroxyl groups excluding tert-OH is 2. The zero-order valence-corrected chi connectivity index (χ0v) is 20.1. The van der Waals surface area contributed by atoms with Crippen molar-refractivity contribution in [1.29, 1.82) is 0 Å². The molecule has 0 aromatic heterocycles. The molecule has 0 amide bonds. The summed E-state index contributed by atoms with van der Waals surface area (Å²) in [5.41, 5.74) is 0.0558. The van der Waals surface area contributed by atoms with E-state index in [2.05, 4.69) is 34.6 Å². The van der Waals surface area contributed by atoms with Crippen molar-refractivity contribution < 1.29 is 14.9 Å². The summed E-state index contributed by atoms with van der Waals surface area (Å²) in [6.07, 6.45) is 11.4. The summed E-state index contributed by atoms with van der Waals surface area (Å²) in [5.74, 6) is 4.57. The highest BCUT2D eigenvalue weighted by molar-refractivity contribution is 5.27. The van der Waals surface area contributed by atoms with Gasteiger partial charge >= 0.3 is 0 Å². The molecule has 1 heterocycles. The van der Waals surface area contributed by atoms with Gasteiger partial charge in [-0.15, -0.1) is 0 Å². The molecule has 3 heteroatoms. The molecule has 0 bridgehead atoms. The van der Waals surface area contributed by atoms with E-state index >= 15 is 0 Å². The molecule has 172 valence electrons. The molecule has 0 unspecified atom stereocenters. The fraction of sp³-hybridized carbons (Fsp3) is 1.00. The van der Waals surface area contributed by atoms with Crippen LogP contribution in [0.25, 0.3) is 0 Å². The van der Waals surface area contributed by atoms with Gasteiger partial charge < -0.3 is 14.9 Å². The van der Waals surface area contributed by atoms with Gasteiger partial charge in [0, 0.05) is 5.41 Å². The van der Waals surface area contributed by atoms with E-state index in [1.807, 2.05) is 0 Å². The van der Waals surface area contributed by atoms with Gasteiger partial charge in [-0.2, -0.15) is 0 Å². The first-order valence-electron chi connectivity index (χ1n) is 13.2. The maximum Gasteiger partial charge on any atom is 0.129 e. The first kappa shape index (κ1) is 21.7. The summed E-state index contributed by atoms with van der Waals surface area (Å²) in [7, 11) is 0. The fourth-order valence-electron chi connectivity index (χ4n) is 9.78. The Labute approximate surface area is 184 Å². The molecule has 11 atom stereocenters. The fourth-order valence-corrected chi connectivity index (χ4v) is 9.78. The number of hydrogen-bond donors (Lipinski definition) is 2. The SMILES string of the molecule is CC(C)CCC[C@@H](C)[C@H]1CC[C@H]2[C@@H]3C[C@@H](O)[C@]45O[C@H]4[C@H](O)CC[C@]5(C)[C@H]3CC[C@]12C. The second-order valence-electron chi connectivity index (χ2n) is 13.0. The van der Waals surface area contributed by atoms with Gasteiger partial charge in [-0.05, 0) is 85.9 Å². The summed E-state index contributed by atoms with van der Waals surface area (Å²) in [6, 6.07) is 0. The highest BCUT2D eigenvalue weighted by Crippen LogP contribution is 2.73. The first-order valence-corrected chi connectivity index (χ1v) is 13.2. The van der Waals surface area contributed by atoms with Gasteiger partial charge in [0.1, 0.15) is 11.7 Å². The second kappa shape index (κ2) is 7.19. The van der Waals surface area contributed by atoms with Crippen LogP contribution in [0.4, 0.5) is 0 Å². The van der Waals surface area contributed by atoms with Crippen LogP contribution in [0.5, 0.6) is 0 Å². The van der Waals surface area contributed by atoms with Crippen molar-refractivity contribution in [2.24, 2.45) is 46.3 Å². The number of fused-ring (bicyclic) bond motifs is 4. The number of aliphatic hydroxyl groups is 2. The molecule has 5 rings (SSSR count). The standard InChI is InChI=1S/C27H46O3/c1-16(2)7-6-8-17(3)19-9-10-20-18-15-23(29)27-24(30-27)22(28)12-14-26(27,5)21(18)11-13-25(19,20)4/h16-24,28-29H,6-15H2,1-5H3/t17-,18+,19-,20+,21+,22-,23-,24+,25-,26-,27+/m1/s1. The maximum absolute atomic E-state index is 11.3. The van der Waals surface area contributed by atoms with Crippen LogP contribution >= 0.6 is 0 Å². The van der Waals surface area contributed by atoms with E-state index in [9.17, 15) is 10.2 Å². The lowest BCUT2D eigenvalue weighted by Gasteiger charge is -2.61. The Morgan fingerprint density at radius 2 is 1.70 bits per heavy atom. The molecule has 4 saturated carbocycles. The van der Waals surface area contributed by atoms with Crippen LogP contribution in [0.1, 0.15) is 98.8 Å². The lowest BCUT2D eigenvalue weighted by molar-refractivity contribution is -0.165.